The number of amides is 1. The van der Waals surface area contributed by atoms with Crippen molar-refractivity contribution in [3.8, 4) is 0 Å². The Balaban J connectivity index is 1.60. The van der Waals surface area contributed by atoms with E-state index in [0.29, 0.717) is 15.9 Å². The smallest absolute Gasteiger partial charge is 0.350 e. The molecule has 2 heterocycles. The predicted octanol–water partition coefficient (Wildman–Crippen LogP) is 5.28. The molecule has 0 aliphatic rings. The third kappa shape index (κ3) is 5.21. The second-order valence-electron chi connectivity index (χ2n) is 7.88. The number of rotatable bonds is 7. The van der Waals surface area contributed by atoms with Crippen LogP contribution in [0.15, 0.2) is 59.5 Å². The minimum atomic E-state index is -3.93. The molecule has 8 nitrogen and oxygen atoms in total. The largest absolute Gasteiger partial charge is 0.462 e. The van der Waals surface area contributed by atoms with E-state index in [-0.39, 0.29) is 27.6 Å². The van der Waals surface area contributed by atoms with Crippen LogP contribution in [0.25, 0.3) is 10.2 Å². The van der Waals surface area contributed by atoms with Crippen LogP contribution in [0.1, 0.15) is 38.2 Å². The Kier molecular flexibility index (Phi) is 7.04. The van der Waals surface area contributed by atoms with Crippen LogP contribution in [0.4, 0.5) is 15.8 Å². The Morgan fingerprint density at radius 1 is 1.06 bits per heavy atom. The number of nitrogens with zero attached hydrogens (tertiary/aromatic N) is 1. The molecule has 0 spiro atoms. The van der Waals surface area contributed by atoms with Gasteiger partial charge in [-0.2, -0.15) is 0 Å². The van der Waals surface area contributed by atoms with Gasteiger partial charge in [-0.25, -0.2) is 22.6 Å². The van der Waals surface area contributed by atoms with Crippen molar-refractivity contribution in [2.75, 3.05) is 16.6 Å². The average Bonchev–Trinajstić information content (AvgIpc) is 3.18. The van der Waals surface area contributed by atoms with Gasteiger partial charge in [0.05, 0.1) is 17.2 Å². The first-order chi connectivity index (χ1) is 17.1. The van der Waals surface area contributed by atoms with Crippen LogP contribution < -0.4 is 10.0 Å². The quantitative estimate of drug-likeness (QED) is 0.316. The van der Waals surface area contributed by atoms with Gasteiger partial charge in [0.15, 0.2) is 0 Å². The number of carbonyl (C=O) groups is 2. The van der Waals surface area contributed by atoms with Gasteiger partial charge in [-0.15, -0.1) is 11.3 Å². The summed E-state index contributed by atoms with van der Waals surface area (Å²) in [5, 5.41) is 3.46. The second-order valence-corrected chi connectivity index (χ2v) is 10.6. The van der Waals surface area contributed by atoms with Crippen molar-refractivity contribution in [2.24, 2.45) is 0 Å². The van der Waals surface area contributed by atoms with E-state index >= 15 is 0 Å². The van der Waals surface area contributed by atoms with Crippen molar-refractivity contribution in [3.05, 3.63) is 82.1 Å². The number of esters is 1. The second kappa shape index (κ2) is 10.0. The average molecular weight is 528 g/mol. The van der Waals surface area contributed by atoms with Crippen LogP contribution in [-0.4, -0.2) is 31.9 Å². The van der Waals surface area contributed by atoms with Crippen LogP contribution in [-0.2, 0) is 14.8 Å². The first-order valence-electron chi connectivity index (χ1n) is 10.9. The number of anilines is 2. The Bertz CT molecular complexity index is 1560. The summed E-state index contributed by atoms with van der Waals surface area (Å²) < 4.78 is 45.7. The SMILES string of the molecule is CCOC(=O)c1sc2nc(C)cc(C)c2c1NC(=O)c1ccc(NS(=O)(=O)c2ccc(F)cc2)cc1. The zero-order valence-corrected chi connectivity index (χ0v) is 21.2. The van der Waals surface area contributed by atoms with Crippen molar-refractivity contribution in [1.29, 1.82) is 0 Å². The van der Waals surface area contributed by atoms with Crippen LogP contribution in [0.3, 0.4) is 0 Å². The van der Waals surface area contributed by atoms with E-state index < -0.39 is 27.7 Å². The molecule has 0 aliphatic heterocycles. The number of halogens is 1. The highest BCUT2D eigenvalue weighted by atomic mass is 32.2. The fourth-order valence-electron chi connectivity index (χ4n) is 3.60. The first kappa shape index (κ1) is 25.3. The van der Waals surface area contributed by atoms with Crippen molar-refractivity contribution in [3.63, 3.8) is 0 Å². The molecule has 0 saturated heterocycles. The minimum Gasteiger partial charge on any atom is -0.462 e. The molecule has 2 aromatic carbocycles. The molecule has 1 amide bonds. The summed E-state index contributed by atoms with van der Waals surface area (Å²) in [4.78, 5) is 30.9. The molecule has 0 radical (unpaired) electrons. The molecule has 4 rings (SSSR count). The number of fused-ring (bicyclic) bond motifs is 1. The molecule has 0 bridgehead atoms. The maximum atomic E-state index is 13.1. The molecule has 2 N–H and O–H groups in total. The summed E-state index contributed by atoms with van der Waals surface area (Å²) >= 11 is 1.14. The van der Waals surface area contributed by atoms with E-state index in [1.54, 1.807) is 6.92 Å². The molecule has 0 aliphatic carbocycles. The number of ether oxygens (including phenoxy) is 1. The van der Waals surface area contributed by atoms with Gasteiger partial charge in [0, 0.05) is 22.3 Å². The predicted molar refractivity (Wildman–Crippen MR) is 137 cm³/mol. The van der Waals surface area contributed by atoms with Crippen molar-refractivity contribution >= 4 is 54.8 Å². The lowest BCUT2D eigenvalue weighted by molar-refractivity contribution is 0.0533. The standard InChI is InChI=1S/C25H22FN3O5S2/c1-4-34-25(31)22-21(20-14(2)13-15(3)27-24(20)35-22)28-23(30)16-5-9-18(10-6-16)29-36(32,33)19-11-7-17(26)8-12-19/h5-13,29H,4H2,1-3H3,(H,28,30). The molecule has 36 heavy (non-hydrogen) atoms. The summed E-state index contributed by atoms with van der Waals surface area (Å²) in [5.41, 5.74) is 2.43. The zero-order valence-electron chi connectivity index (χ0n) is 19.6. The monoisotopic (exact) mass is 527 g/mol. The summed E-state index contributed by atoms with van der Waals surface area (Å²) in [7, 11) is -3.93. The van der Waals surface area contributed by atoms with Gasteiger partial charge in [0.2, 0.25) is 0 Å². The van der Waals surface area contributed by atoms with Gasteiger partial charge in [0.25, 0.3) is 15.9 Å². The zero-order chi connectivity index (χ0) is 26.0. The van der Waals surface area contributed by atoms with Crippen LogP contribution in [0, 0.1) is 19.7 Å². The number of aromatic nitrogens is 1. The van der Waals surface area contributed by atoms with Crippen LogP contribution >= 0.6 is 11.3 Å². The number of thiophene rings is 1. The molecule has 4 aromatic rings. The fraction of sp³-hybridized carbons (Fsp3) is 0.160. The Morgan fingerprint density at radius 3 is 2.36 bits per heavy atom. The van der Waals surface area contributed by atoms with Crippen molar-refractivity contribution in [1.82, 2.24) is 4.98 Å². The number of hydrogen-bond acceptors (Lipinski definition) is 7. The molecule has 0 atom stereocenters. The summed E-state index contributed by atoms with van der Waals surface area (Å²) in [6.07, 6.45) is 0. The number of benzene rings is 2. The first-order valence-corrected chi connectivity index (χ1v) is 13.2. The van der Waals surface area contributed by atoms with E-state index in [4.69, 9.17) is 4.74 Å². The van der Waals surface area contributed by atoms with Gasteiger partial charge < -0.3 is 10.1 Å². The fourth-order valence-corrected chi connectivity index (χ4v) is 5.81. The molecule has 2 aromatic heterocycles. The highest BCUT2D eigenvalue weighted by molar-refractivity contribution is 7.92. The van der Waals surface area contributed by atoms with E-state index in [9.17, 15) is 22.4 Å². The van der Waals surface area contributed by atoms with Crippen molar-refractivity contribution in [2.45, 2.75) is 25.7 Å². The Labute approximate surface area is 211 Å². The van der Waals surface area contributed by atoms with Gasteiger partial charge in [-0.3, -0.25) is 9.52 Å². The summed E-state index contributed by atoms with van der Waals surface area (Å²) in [5.74, 6) is -1.60. The van der Waals surface area contributed by atoms with E-state index in [1.165, 1.54) is 24.3 Å². The van der Waals surface area contributed by atoms with Crippen molar-refractivity contribution < 1.29 is 27.1 Å². The number of carbonyl (C=O) groups excluding carboxylic acids is 2. The summed E-state index contributed by atoms with van der Waals surface area (Å²) in [6, 6.07) is 12.1. The lowest BCUT2D eigenvalue weighted by Crippen LogP contribution is -2.15. The van der Waals surface area contributed by atoms with Crippen LogP contribution in [0.5, 0.6) is 0 Å². The van der Waals surface area contributed by atoms with Gasteiger partial charge in [0.1, 0.15) is 15.5 Å². The Hall–Kier alpha value is -3.83. The number of nitrogens with one attached hydrogen (secondary N) is 2. The molecular weight excluding hydrogens is 505 g/mol. The molecule has 11 heteroatoms. The minimum absolute atomic E-state index is 0.0965. The van der Waals surface area contributed by atoms with Crippen LogP contribution in [0.2, 0.25) is 0 Å². The maximum absolute atomic E-state index is 13.1. The highest BCUT2D eigenvalue weighted by Gasteiger charge is 2.24. The van der Waals surface area contributed by atoms with Gasteiger partial charge in [-0.05, 0) is 80.9 Å². The van der Waals surface area contributed by atoms with E-state index in [2.05, 4.69) is 15.0 Å². The molecular formula is C25H22FN3O5S2. The summed E-state index contributed by atoms with van der Waals surface area (Å²) in [6.45, 7) is 5.60. The lowest BCUT2D eigenvalue weighted by atomic mass is 10.1. The number of pyridine rings is 1. The highest BCUT2D eigenvalue weighted by Crippen LogP contribution is 2.38. The van der Waals surface area contributed by atoms with E-state index in [0.717, 1.165) is 46.9 Å². The maximum Gasteiger partial charge on any atom is 0.350 e. The number of aryl methyl sites for hydroxylation is 2. The third-order valence-corrected chi connectivity index (χ3v) is 7.67. The molecule has 0 saturated carbocycles. The van der Waals surface area contributed by atoms with E-state index in [1.807, 2.05) is 19.9 Å². The Morgan fingerprint density at radius 2 is 1.72 bits per heavy atom. The molecule has 0 unspecified atom stereocenters. The van der Waals surface area contributed by atoms with Gasteiger partial charge >= 0.3 is 5.97 Å². The third-order valence-electron chi connectivity index (χ3n) is 5.21. The lowest BCUT2D eigenvalue weighted by Gasteiger charge is -2.10. The normalized spacial score (nSPS) is 11.3. The molecule has 0 fully saturated rings. The number of hydrogen-bond donors (Lipinski definition) is 2. The van der Waals surface area contributed by atoms with Gasteiger partial charge in [-0.1, -0.05) is 0 Å². The molecule has 186 valence electrons. The number of sulfonamides is 1. The topological polar surface area (TPSA) is 114 Å².